The molecule has 17 heavy (non-hydrogen) atoms. The first-order chi connectivity index (χ1) is 8.02. The Bertz CT molecular complexity index is 463. The van der Waals surface area contributed by atoms with Crippen molar-refractivity contribution in [3.63, 3.8) is 0 Å². The van der Waals surface area contributed by atoms with Crippen molar-refractivity contribution in [2.75, 3.05) is 26.0 Å². The van der Waals surface area contributed by atoms with E-state index in [9.17, 15) is 9.59 Å². The third kappa shape index (κ3) is 4.18. The number of carbonyl (C=O) groups is 1. The highest BCUT2D eigenvalue weighted by Crippen LogP contribution is 2.21. The Kier molecular flexibility index (Phi) is 4.57. The molecule has 0 aromatic heterocycles. The van der Waals surface area contributed by atoms with E-state index >= 15 is 0 Å². The summed E-state index contributed by atoms with van der Waals surface area (Å²) in [6, 6.07) is 5.14. The van der Waals surface area contributed by atoms with Gasteiger partial charge < -0.3 is 10.2 Å². The second-order valence-electron chi connectivity index (χ2n) is 3.99. The van der Waals surface area contributed by atoms with E-state index in [1.54, 1.807) is 23.1 Å². The number of carbonyl (C=O) groups excluding carboxylic acids is 2. The second kappa shape index (κ2) is 5.94. The number of anilines is 1. The minimum Gasteiger partial charge on any atom is -0.325 e. The molecule has 1 amide bonds. The molecular formula is C12H15N3O2. The van der Waals surface area contributed by atoms with E-state index in [1.807, 2.05) is 21.0 Å². The maximum Gasteiger partial charge on any atom is 0.240 e. The van der Waals surface area contributed by atoms with Gasteiger partial charge in [-0.3, -0.25) is 4.79 Å². The molecule has 90 valence electrons. The summed E-state index contributed by atoms with van der Waals surface area (Å²) in [5, 5.41) is 2.77. The zero-order valence-electron chi connectivity index (χ0n) is 10.2. The molecule has 0 saturated heterocycles. The van der Waals surface area contributed by atoms with Crippen molar-refractivity contribution < 1.29 is 9.59 Å². The zero-order chi connectivity index (χ0) is 12.8. The normalized spacial score (nSPS) is 9.88. The summed E-state index contributed by atoms with van der Waals surface area (Å²) in [5.41, 5.74) is 2.06. The number of nitrogens with zero attached hydrogens (tertiary/aromatic N) is 2. The largest absolute Gasteiger partial charge is 0.325 e. The molecule has 0 fully saturated rings. The Labute approximate surface area is 100 Å². The number of isocyanates is 1. The summed E-state index contributed by atoms with van der Waals surface area (Å²) >= 11 is 0. The van der Waals surface area contributed by atoms with E-state index in [4.69, 9.17) is 0 Å². The van der Waals surface area contributed by atoms with Crippen LogP contribution in [-0.2, 0) is 9.59 Å². The van der Waals surface area contributed by atoms with Crippen LogP contribution in [0.15, 0.2) is 23.2 Å². The molecule has 1 rings (SSSR count). The summed E-state index contributed by atoms with van der Waals surface area (Å²) < 4.78 is 0. The maximum absolute atomic E-state index is 11.6. The summed E-state index contributed by atoms with van der Waals surface area (Å²) in [5.74, 6) is -0.106. The zero-order valence-corrected chi connectivity index (χ0v) is 10.2. The molecule has 5 nitrogen and oxygen atoms in total. The molecular weight excluding hydrogens is 218 g/mol. The number of amides is 1. The first-order valence-corrected chi connectivity index (χ1v) is 5.16. The van der Waals surface area contributed by atoms with Crippen LogP contribution in [0.3, 0.4) is 0 Å². The smallest absolute Gasteiger partial charge is 0.240 e. The fourth-order valence-corrected chi connectivity index (χ4v) is 1.34. The molecule has 0 aliphatic heterocycles. The van der Waals surface area contributed by atoms with Gasteiger partial charge in [-0.2, -0.15) is 4.99 Å². The van der Waals surface area contributed by atoms with Crippen molar-refractivity contribution in [3.05, 3.63) is 23.8 Å². The molecule has 1 aromatic rings. The highest BCUT2D eigenvalue weighted by Gasteiger charge is 2.06. The van der Waals surface area contributed by atoms with Crippen LogP contribution in [0, 0.1) is 6.92 Å². The number of hydrogen-bond donors (Lipinski definition) is 1. The molecule has 1 N–H and O–H groups in total. The lowest BCUT2D eigenvalue weighted by molar-refractivity contribution is -0.116. The Morgan fingerprint density at radius 3 is 2.76 bits per heavy atom. The summed E-state index contributed by atoms with van der Waals surface area (Å²) in [6.07, 6.45) is 1.47. The van der Waals surface area contributed by atoms with Crippen molar-refractivity contribution in [1.29, 1.82) is 0 Å². The predicted molar refractivity (Wildman–Crippen MR) is 66.1 cm³/mol. The fourth-order valence-electron chi connectivity index (χ4n) is 1.34. The van der Waals surface area contributed by atoms with E-state index in [0.29, 0.717) is 17.9 Å². The molecule has 0 heterocycles. The maximum atomic E-state index is 11.6. The molecule has 5 heteroatoms. The lowest BCUT2D eigenvalue weighted by Crippen LogP contribution is -2.27. The van der Waals surface area contributed by atoms with Crippen LogP contribution in [0.4, 0.5) is 11.4 Å². The molecule has 0 aliphatic rings. The molecule has 0 spiro atoms. The van der Waals surface area contributed by atoms with Gasteiger partial charge >= 0.3 is 0 Å². The topological polar surface area (TPSA) is 61.8 Å². The lowest BCUT2D eigenvalue weighted by Gasteiger charge is -2.12. The SMILES string of the molecule is Cc1ccc(N=C=O)cc1NC(=O)CN(C)C. The molecule has 1 aromatic carbocycles. The van der Waals surface area contributed by atoms with Gasteiger partial charge in [0.15, 0.2) is 0 Å². The highest BCUT2D eigenvalue weighted by molar-refractivity contribution is 5.93. The lowest BCUT2D eigenvalue weighted by atomic mass is 10.2. The van der Waals surface area contributed by atoms with Crippen LogP contribution in [-0.4, -0.2) is 37.5 Å². The molecule has 0 unspecified atom stereocenters. The van der Waals surface area contributed by atoms with Gasteiger partial charge in [-0.15, -0.1) is 0 Å². The number of rotatable bonds is 4. The third-order valence-electron chi connectivity index (χ3n) is 2.13. The molecule has 0 bridgehead atoms. The van der Waals surface area contributed by atoms with Crippen molar-refractivity contribution in [3.8, 4) is 0 Å². The number of aryl methyl sites for hydroxylation is 1. The number of likely N-dealkylation sites (N-methyl/N-ethyl adjacent to an activating group) is 1. The van der Waals surface area contributed by atoms with Gasteiger partial charge in [0.05, 0.1) is 12.2 Å². The van der Waals surface area contributed by atoms with Gasteiger partial charge in [0.1, 0.15) is 0 Å². The van der Waals surface area contributed by atoms with Crippen molar-refractivity contribution in [2.45, 2.75) is 6.92 Å². The highest BCUT2D eigenvalue weighted by atomic mass is 16.2. The quantitative estimate of drug-likeness (QED) is 0.632. The number of nitrogens with one attached hydrogen (secondary N) is 1. The molecule has 0 radical (unpaired) electrons. The molecule has 0 atom stereocenters. The average molecular weight is 233 g/mol. The van der Waals surface area contributed by atoms with Crippen molar-refractivity contribution >= 4 is 23.4 Å². The standard InChI is InChI=1S/C12H15N3O2/c1-9-4-5-10(13-8-16)6-11(9)14-12(17)7-15(2)3/h4-6H,7H2,1-3H3,(H,14,17). The minimum atomic E-state index is -0.106. The van der Waals surface area contributed by atoms with E-state index in [-0.39, 0.29) is 5.91 Å². The van der Waals surface area contributed by atoms with Crippen molar-refractivity contribution in [2.24, 2.45) is 4.99 Å². The van der Waals surface area contributed by atoms with Crippen LogP contribution in [0.25, 0.3) is 0 Å². The third-order valence-corrected chi connectivity index (χ3v) is 2.13. The average Bonchev–Trinajstić information content (AvgIpc) is 2.22. The fraction of sp³-hybridized carbons (Fsp3) is 0.333. The summed E-state index contributed by atoms with van der Waals surface area (Å²) in [4.78, 5) is 27.0. The van der Waals surface area contributed by atoms with Gasteiger partial charge in [0.2, 0.25) is 12.0 Å². The Morgan fingerprint density at radius 1 is 1.47 bits per heavy atom. The first kappa shape index (κ1) is 13.1. The Balaban J connectivity index is 2.86. The second-order valence-corrected chi connectivity index (χ2v) is 3.99. The minimum absolute atomic E-state index is 0.106. The number of aliphatic imine (C=N–C) groups is 1. The van der Waals surface area contributed by atoms with E-state index in [1.165, 1.54) is 6.08 Å². The van der Waals surface area contributed by atoms with Crippen molar-refractivity contribution in [1.82, 2.24) is 4.90 Å². The van der Waals surface area contributed by atoms with E-state index in [2.05, 4.69) is 10.3 Å². The van der Waals surface area contributed by atoms with Crippen LogP contribution in [0.1, 0.15) is 5.56 Å². The van der Waals surface area contributed by atoms with Gasteiger partial charge in [-0.25, -0.2) is 4.79 Å². The van der Waals surface area contributed by atoms with Gasteiger partial charge in [-0.05, 0) is 38.7 Å². The van der Waals surface area contributed by atoms with Crippen LogP contribution >= 0.6 is 0 Å². The first-order valence-electron chi connectivity index (χ1n) is 5.16. The summed E-state index contributed by atoms with van der Waals surface area (Å²) in [6.45, 7) is 2.18. The number of hydrogen-bond acceptors (Lipinski definition) is 4. The summed E-state index contributed by atoms with van der Waals surface area (Å²) in [7, 11) is 3.64. The number of benzene rings is 1. The van der Waals surface area contributed by atoms with E-state index in [0.717, 1.165) is 5.56 Å². The van der Waals surface area contributed by atoms with Crippen LogP contribution in [0.5, 0.6) is 0 Å². The predicted octanol–water partition coefficient (Wildman–Crippen LogP) is 1.46. The van der Waals surface area contributed by atoms with Gasteiger partial charge in [-0.1, -0.05) is 6.07 Å². The van der Waals surface area contributed by atoms with Gasteiger partial charge in [0, 0.05) is 5.69 Å². The monoisotopic (exact) mass is 233 g/mol. The van der Waals surface area contributed by atoms with Crippen LogP contribution < -0.4 is 5.32 Å². The van der Waals surface area contributed by atoms with E-state index < -0.39 is 0 Å². The molecule has 0 saturated carbocycles. The Hall–Kier alpha value is -1.97. The molecule has 0 aliphatic carbocycles. The Morgan fingerprint density at radius 2 is 2.18 bits per heavy atom. The van der Waals surface area contributed by atoms with Crippen LogP contribution in [0.2, 0.25) is 0 Å². The van der Waals surface area contributed by atoms with Gasteiger partial charge in [0.25, 0.3) is 0 Å².